The molecule has 0 bridgehead atoms. The first-order valence-electron chi connectivity index (χ1n) is 9.84. The average molecular weight is 405 g/mol. The summed E-state index contributed by atoms with van der Waals surface area (Å²) in [5.74, 6) is -0.141. The van der Waals surface area contributed by atoms with Gasteiger partial charge in [0.1, 0.15) is 5.56 Å². The number of carbonyl (C=O) groups is 2. The maximum Gasteiger partial charge on any atom is 0.342 e. The SMILES string of the molecule is Cc1c(C(=O)OCC(=O)N2CCN(c3ccccc3)CC2)cnn1-c1ccccn1. The summed E-state index contributed by atoms with van der Waals surface area (Å²) < 4.78 is 6.84. The standard InChI is InChI=1S/C22H23N5O3/c1-17-19(15-24-27(17)20-9-5-6-10-23-20)22(29)30-16-21(28)26-13-11-25(12-14-26)18-7-3-2-4-8-18/h2-10,15H,11-14,16H2,1H3. The number of benzene rings is 1. The van der Waals surface area contributed by atoms with E-state index in [0.717, 1.165) is 18.8 Å². The van der Waals surface area contributed by atoms with Crippen LogP contribution in [0.5, 0.6) is 0 Å². The molecule has 4 rings (SSSR count). The molecule has 3 heterocycles. The van der Waals surface area contributed by atoms with Crippen LogP contribution < -0.4 is 4.90 Å². The zero-order chi connectivity index (χ0) is 20.9. The van der Waals surface area contributed by atoms with Crippen molar-refractivity contribution in [2.24, 2.45) is 0 Å². The molecule has 0 atom stereocenters. The van der Waals surface area contributed by atoms with Gasteiger partial charge in [-0.2, -0.15) is 5.10 Å². The topological polar surface area (TPSA) is 80.6 Å². The van der Waals surface area contributed by atoms with Crippen molar-refractivity contribution in [3.05, 3.63) is 72.2 Å². The van der Waals surface area contributed by atoms with Gasteiger partial charge in [0.15, 0.2) is 12.4 Å². The smallest absolute Gasteiger partial charge is 0.342 e. The number of hydrogen-bond donors (Lipinski definition) is 0. The molecule has 2 aromatic heterocycles. The van der Waals surface area contributed by atoms with Gasteiger partial charge in [-0.1, -0.05) is 24.3 Å². The Labute approximate surface area is 174 Å². The van der Waals surface area contributed by atoms with Crippen LogP contribution in [0.2, 0.25) is 0 Å². The highest BCUT2D eigenvalue weighted by Gasteiger charge is 2.23. The van der Waals surface area contributed by atoms with E-state index < -0.39 is 5.97 Å². The predicted octanol–water partition coefficient (Wildman–Crippen LogP) is 2.08. The molecule has 8 heteroatoms. The van der Waals surface area contributed by atoms with Gasteiger partial charge in [-0.05, 0) is 31.2 Å². The van der Waals surface area contributed by atoms with E-state index in [1.165, 1.54) is 6.20 Å². The molecule has 8 nitrogen and oxygen atoms in total. The first-order valence-corrected chi connectivity index (χ1v) is 9.84. The third-order valence-electron chi connectivity index (χ3n) is 5.18. The Morgan fingerprint density at radius 1 is 1.00 bits per heavy atom. The van der Waals surface area contributed by atoms with Crippen molar-refractivity contribution in [2.75, 3.05) is 37.7 Å². The number of pyridine rings is 1. The minimum atomic E-state index is -0.564. The highest BCUT2D eigenvalue weighted by atomic mass is 16.5. The summed E-state index contributed by atoms with van der Waals surface area (Å²) in [6.45, 7) is 4.18. The van der Waals surface area contributed by atoms with Crippen molar-refractivity contribution in [1.82, 2.24) is 19.7 Å². The van der Waals surface area contributed by atoms with Gasteiger partial charge in [0.25, 0.3) is 5.91 Å². The number of hydrogen-bond acceptors (Lipinski definition) is 6. The van der Waals surface area contributed by atoms with Gasteiger partial charge < -0.3 is 14.5 Å². The fraction of sp³-hybridized carbons (Fsp3) is 0.273. The van der Waals surface area contributed by atoms with Crippen LogP contribution in [0.15, 0.2) is 60.9 Å². The molecule has 1 amide bonds. The third-order valence-corrected chi connectivity index (χ3v) is 5.18. The van der Waals surface area contributed by atoms with Crippen LogP contribution in [0, 0.1) is 6.92 Å². The summed E-state index contributed by atoms with van der Waals surface area (Å²) >= 11 is 0. The molecule has 0 radical (unpaired) electrons. The maximum atomic E-state index is 12.5. The maximum absolute atomic E-state index is 12.5. The summed E-state index contributed by atoms with van der Waals surface area (Å²) in [6, 6.07) is 15.6. The van der Waals surface area contributed by atoms with Crippen LogP contribution in [-0.4, -0.2) is 64.3 Å². The number of piperazine rings is 1. The zero-order valence-electron chi connectivity index (χ0n) is 16.8. The van der Waals surface area contributed by atoms with Gasteiger partial charge in [-0.25, -0.2) is 14.5 Å². The lowest BCUT2D eigenvalue weighted by molar-refractivity contribution is -0.134. The van der Waals surface area contributed by atoms with Gasteiger partial charge in [-0.3, -0.25) is 4.79 Å². The second kappa shape index (κ2) is 8.77. The zero-order valence-corrected chi connectivity index (χ0v) is 16.8. The van der Waals surface area contributed by atoms with Crippen LogP contribution >= 0.6 is 0 Å². The highest BCUT2D eigenvalue weighted by molar-refractivity contribution is 5.92. The van der Waals surface area contributed by atoms with Crippen LogP contribution in [0.1, 0.15) is 16.1 Å². The van der Waals surface area contributed by atoms with E-state index in [0.29, 0.717) is 30.2 Å². The van der Waals surface area contributed by atoms with Gasteiger partial charge >= 0.3 is 5.97 Å². The number of para-hydroxylation sites is 1. The predicted molar refractivity (Wildman–Crippen MR) is 112 cm³/mol. The Hall–Kier alpha value is -3.68. The lowest BCUT2D eigenvalue weighted by atomic mass is 10.2. The molecule has 1 aliphatic heterocycles. The normalized spacial score (nSPS) is 13.9. The van der Waals surface area contributed by atoms with Crippen molar-refractivity contribution in [3.63, 3.8) is 0 Å². The second-order valence-electron chi connectivity index (χ2n) is 7.02. The molecular formula is C22H23N5O3. The first kappa shape index (κ1) is 19.6. The molecule has 154 valence electrons. The van der Waals surface area contributed by atoms with E-state index in [1.807, 2.05) is 30.3 Å². The number of ether oxygens (including phenoxy) is 1. The fourth-order valence-corrected chi connectivity index (χ4v) is 3.47. The molecule has 1 aromatic carbocycles. The fourth-order valence-electron chi connectivity index (χ4n) is 3.47. The van der Waals surface area contributed by atoms with Crippen molar-refractivity contribution in [1.29, 1.82) is 0 Å². The first-order chi connectivity index (χ1) is 14.6. The summed E-state index contributed by atoms with van der Waals surface area (Å²) in [6.07, 6.45) is 3.10. The largest absolute Gasteiger partial charge is 0.452 e. The Morgan fingerprint density at radius 3 is 2.43 bits per heavy atom. The Kier molecular flexibility index (Phi) is 5.74. The molecule has 1 aliphatic rings. The van der Waals surface area contributed by atoms with Crippen molar-refractivity contribution in [2.45, 2.75) is 6.92 Å². The van der Waals surface area contributed by atoms with E-state index in [-0.39, 0.29) is 12.5 Å². The number of aromatic nitrogens is 3. The lowest BCUT2D eigenvalue weighted by Crippen LogP contribution is -2.49. The molecule has 0 unspecified atom stereocenters. The number of rotatable bonds is 5. The number of anilines is 1. The van der Waals surface area contributed by atoms with Crippen LogP contribution in [0.3, 0.4) is 0 Å². The van der Waals surface area contributed by atoms with Gasteiger partial charge in [0, 0.05) is 38.1 Å². The average Bonchev–Trinajstić information content (AvgIpc) is 3.20. The van der Waals surface area contributed by atoms with E-state index >= 15 is 0 Å². The monoisotopic (exact) mass is 405 g/mol. The van der Waals surface area contributed by atoms with Gasteiger partial charge in [0.05, 0.1) is 11.9 Å². The van der Waals surface area contributed by atoms with Crippen molar-refractivity contribution >= 4 is 17.6 Å². The highest BCUT2D eigenvalue weighted by Crippen LogP contribution is 2.16. The van der Waals surface area contributed by atoms with Crippen molar-refractivity contribution in [3.8, 4) is 5.82 Å². The Morgan fingerprint density at radius 2 is 1.73 bits per heavy atom. The van der Waals surface area contributed by atoms with E-state index in [4.69, 9.17) is 4.74 Å². The molecule has 30 heavy (non-hydrogen) atoms. The van der Waals surface area contributed by atoms with E-state index in [9.17, 15) is 9.59 Å². The molecule has 1 fully saturated rings. The lowest BCUT2D eigenvalue weighted by Gasteiger charge is -2.36. The minimum absolute atomic E-state index is 0.189. The summed E-state index contributed by atoms with van der Waals surface area (Å²) in [5, 5.41) is 4.21. The molecule has 0 spiro atoms. The summed E-state index contributed by atoms with van der Waals surface area (Å²) in [5.41, 5.74) is 2.08. The van der Waals surface area contributed by atoms with Gasteiger partial charge in [-0.15, -0.1) is 0 Å². The molecule has 3 aromatic rings. The second-order valence-corrected chi connectivity index (χ2v) is 7.02. The molecule has 1 saturated heterocycles. The van der Waals surface area contributed by atoms with Gasteiger partial charge in [0.2, 0.25) is 0 Å². The van der Waals surface area contributed by atoms with Crippen LogP contribution in [0.25, 0.3) is 5.82 Å². The van der Waals surface area contributed by atoms with Crippen LogP contribution in [0.4, 0.5) is 5.69 Å². The van der Waals surface area contributed by atoms with E-state index in [2.05, 4.69) is 27.1 Å². The number of nitrogens with zero attached hydrogens (tertiary/aromatic N) is 5. The number of esters is 1. The van der Waals surface area contributed by atoms with Crippen molar-refractivity contribution < 1.29 is 14.3 Å². The Balaban J connectivity index is 1.30. The molecule has 0 N–H and O–H groups in total. The summed E-state index contributed by atoms with van der Waals surface area (Å²) in [7, 11) is 0. The minimum Gasteiger partial charge on any atom is -0.452 e. The van der Waals surface area contributed by atoms with Crippen LogP contribution in [-0.2, 0) is 9.53 Å². The molecular weight excluding hydrogens is 382 g/mol. The number of amides is 1. The van der Waals surface area contributed by atoms with E-state index in [1.54, 1.807) is 28.8 Å². The number of carbonyl (C=O) groups excluding carboxylic acids is 2. The Bertz CT molecular complexity index is 1010. The molecule has 0 aliphatic carbocycles. The quantitative estimate of drug-likeness (QED) is 0.605. The third kappa shape index (κ3) is 4.17. The molecule has 0 saturated carbocycles. The summed E-state index contributed by atoms with van der Waals surface area (Å²) in [4.78, 5) is 33.2.